The molecule has 12 heteroatoms. The first kappa shape index (κ1) is 18.6. The van der Waals surface area contributed by atoms with Crippen LogP contribution in [0, 0.1) is 0 Å². The molecule has 0 amide bonds. The second kappa shape index (κ2) is 5.97. The lowest BCUT2D eigenvalue weighted by Crippen LogP contribution is -2.52. The van der Waals surface area contributed by atoms with E-state index in [1.54, 1.807) is 0 Å². The molecular weight excluding hydrogens is 363 g/mol. The van der Waals surface area contributed by atoms with E-state index >= 15 is 0 Å². The van der Waals surface area contributed by atoms with Crippen molar-refractivity contribution in [3.05, 3.63) is 34.9 Å². The van der Waals surface area contributed by atoms with Crippen molar-refractivity contribution >= 4 is 27.7 Å². The topological polar surface area (TPSA) is 80.7 Å². The Morgan fingerprint density at radius 2 is 1.68 bits per heavy atom. The van der Waals surface area contributed by atoms with Crippen molar-refractivity contribution in [3.63, 3.8) is 0 Å². The summed E-state index contributed by atoms with van der Waals surface area (Å²) in [6.07, 6.45) is -10.4. The summed E-state index contributed by atoms with van der Waals surface area (Å²) in [6, 6.07) is 4.41. The number of carbonyl (C=O) groups is 1. The minimum atomic E-state index is -6.49. The van der Waals surface area contributed by atoms with Gasteiger partial charge in [0.05, 0.1) is 10.6 Å². The minimum Gasteiger partial charge on any atom is -0.441 e. The summed E-state index contributed by atoms with van der Waals surface area (Å²) in [5, 5.41) is -6.19. The number of halogens is 6. The van der Waals surface area contributed by atoms with E-state index in [0.29, 0.717) is 0 Å². The standard InChI is InChI=1S/C10H6ClF5O5S/c11-6-4-2-1-3-5(6)7(17)21-8(9(12,13)14)10(15,16)22(18,19)20/h1-4,8H,(H,18,19,20). The molecule has 0 saturated heterocycles. The molecule has 0 saturated carbocycles. The molecule has 0 aliphatic heterocycles. The average molecular weight is 369 g/mol. The van der Waals surface area contributed by atoms with Gasteiger partial charge in [0.2, 0.25) is 0 Å². The number of ether oxygens (including phenoxy) is 1. The Bertz CT molecular complexity index is 673. The van der Waals surface area contributed by atoms with Gasteiger partial charge in [-0.15, -0.1) is 0 Å². The zero-order valence-electron chi connectivity index (χ0n) is 10.1. The third-order valence-electron chi connectivity index (χ3n) is 2.27. The molecule has 0 heterocycles. The number of esters is 1. The Kier molecular flexibility index (Phi) is 5.04. The summed E-state index contributed by atoms with van der Waals surface area (Å²) in [5.41, 5.74) is -0.690. The van der Waals surface area contributed by atoms with Gasteiger partial charge in [0.1, 0.15) is 0 Å². The first-order chi connectivity index (χ1) is 9.78. The summed E-state index contributed by atoms with van der Waals surface area (Å²) in [4.78, 5) is 11.5. The van der Waals surface area contributed by atoms with Crippen molar-refractivity contribution in [2.75, 3.05) is 0 Å². The molecule has 1 unspecified atom stereocenters. The maximum Gasteiger partial charge on any atom is 0.432 e. The maximum absolute atomic E-state index is 13.2. The van der Waals surface area contributed by atoms with Gasteiger partial charge in [-0.2, -0.15) is 30.4 Å². The van der Waals surface area contributed by atoms with Crippen LogP contribution in [-0.4, -0.2) is 36.5 Å². The number of benzene rings is 1. The third kappa shape index (κ3) is 3.84. The molecule has 1 aromatic rings. The molecule has 0 spiro atoms. The van der Waals surface area contributed by atoms with Crippen LogP contribution in [0.4, 0.5) is 22.0 Å². The molecule has 0 radical (unpaired) electrons. The predicted molar refractivity (Wildman–Crippen MR) is 63.2 cm³/mol. The van der Waals surface area contributed by atoms with Crippen molar-refractivity contribution in [1.29, 1.82) is 0 Å². The van der Waals surface area contributed by atoms with Crippen LogP contribution in [0.15, 0.2) is 24.3 Å². The molecule has 0 aliphatic rings. The fourth-order valence-electron chi connectivity index (χ4n) is 1.26. The third-order valence-corrected chi connectivity index (χ3v) is 3.50. The number of hydrogen-bond acceptors (Lipinski definition) is 4. The van der Waals surface area contributed by atoms with Crippen molar-refractivity contribution in [2.24, 2.45) is 0 Å². The Morgan fingerprint density at radius 3 is 2.09 bits per heavy atom. The number of hydrogen-bond donors (Lipinski definition) is 1. The normalized spacial score (nSPS) is 14.5. The van der Waals surface area contributed by atoms with E-state index < -0.39 is 44.2 Å². The first-order valence-corrected chi connectivity index (χ1v) is 6.97. The fraction of sp³-hybridized carbons (Fsp3) is 0.300. The zero-order valence-corrected chi connectivity index (χ0v) is 11.7. The number of alkyl halides is 5. The molecule has 0 bridgehead atoms. The summed E-state index contributed by atoms with van der Waals surface area (Å²) in [5.74, 6) is -1.93. The Morgan fingerprint density at radius 1 is 1.18 bits per heavy atom. The van der Waals surface area contributed by atoms with E-state index in [0.717, 1.165) is 18.2 Å². The zero-order chi connectivity index (χ0) is 17.3. The van der Waals surface area contributed by atoms with Crippen LogP contribution < -0.4 is 0 Å². The quantitative estimate of drug-likeness (QED) is 0.502. The lowest BCUT2D eigenvalue weighted by Gasteiger charge is -2.26. The first-order valence-electron chi connectivity index (χ1n) is 5.15. The second-order valence-electron chi connectivity index (χ2n) is 3.84. The molecule has 1 aromatic carbocycles. The lowest BCUT2D eigenvalue weighted by atomic mass is 10.2. The van der Waals surface area contributed by atoms with E-state index in [2.05, 4.69) is 4.74 Å². The lowest BCUT2D eigenvalue weighted by molar-refractivity contribution is -0.248. The van der Waals surface area contributed by atoms with Crippen LogP contribution in [0.3, 0.4) is 0 Å². The van der Waals surface area contributed by atoms with Gasteiger partial charge in [0.15, 0.2) is 0 Å². The molecule has 1 rings (SSSR count). The van der Waals surface area contributed by atoms with Crippen LogP contribution in [0.1, 0.15) is 10.4 Å². The van der Waals surface area contributed by atoms with E-state index in [-0.39, 0.29) is 0 Å². The summed E-state index contributed by atoms with van der Waals surface area (Å²) >= 11 is 5.48. The molecular formula is C10H6ClF5O5S. The molecule has 22 heavy (non-hydrogen) atoms. The van der Waals surface area contributed by atoms with E-state index in [9.17, 15) is 35.2 Å². The van der Waals surface area contributed by atoms with Crippen LogP contribution >= 0.6 is 11.6 Å². The van der Waals surface area contributed by atoms with Gasteiger partial charge in [-0.3, -0.25) is 4.55 Å². The molecule has 0 aromatic heterocycles. The summed E-state index contributed by atoms with van der Waals surface area (Å²) in [6.45, 7) is 0. The Labute approximate surface area is 125 Å². The van der Waals surface area contributed by atoms with Gasteiger partial charge in [-0.1, -0.05) is 23.7 Å². The van der Waals surface area contributed by atoms with Crippen LogP contribution in [-0.2, 0) is 14.9 Å². The highest BCUT2D eigenvalue weighted by molar-refractivity contribution is 7.86. The van der Waals surface area contributed by atoms with E-state index in [4.69, 9.17) is 16.2 Å². The molecule has 1 atom stereocenters. The highest BCUT2D eigenvalue weighted by Gasteiger charge is 2.66. The molecule has 1 N–H and O–H groups in total. The monoisotopic (exact) mass is 368 g/mol. The predicted octanol–water partition coefficient (Wildman–Crippen LogP) is 2.91. The van der Waals surface area contributed by atoms with E-state index in [1.165, 1.54) is 6.07 Å². The average Bonchev–Trinajstić information content (AvgIpc) is 2.33. The Balaban J connectivity index is 3.23. The van der Waals surface area contributed by atoms with Crippen LogP contribution in [0.5, 0.6) is 0 Å². The van der Waals surface area contributed by atoms with Crippen molar-refractivity contribution in [2.45, 2.75) is 17.5 Å². The minimum absolute atomic E-state index is 0.399. The van der Waals surface area contributed by atoms with Crippen LogP contribution in [0.25, 0.3) is 0 Å². The molecule has 124 valence electrons. The number of rotatable bonds is 4. The summed E-state index contributed by atoms with van der Waals surface area (Å²) in [7, 11) is -6.49. The van der Waals surface area contributed by atoms with E-state index in [1.807, 2.05) is 0 Å². The van der Waals surface area contributed by atoms with Crippen LogP contribution in [0.2, 0.25) is 5.02 Å². The fourth-order valence-corrected chi connectivity index (χ4v) is 1.92. The molecule has 0 fully saturated rings. The van der Waals surface area contributed by atoms with Gasteiger partial charge < -0.3 is 4.74 Å². The smallest absolute Gasteiger partial charge is 0.432 e. The molecule has 5 nitrogen and oxygen atoms in total. The van der Waals surface area contributed by atoms with Crippen molar-refractivity contribution < 1.29 is 44.5 Å². The van der Waals surface area contributed by atoms with Crippen molar-refractivity contribution in [1.82, 2.24) is 0 Å². The van der Waals surface area contributed by atoms with Gasteiger partial charge in [0, 0.05) is 0 Å². The van der Waals surface area contributed by atoms with Gasteiger partial charge in [-0.05, 0) is 12.1 Å². The van der Waals surface area contributed by atoms with Gasteiger partial charge in [0.25, 0.3) is 6.10 Å². The maximum atomic E-state index is 13.2. The SMILES string of the molecule is O=C(OC(C(F)(F)F)C(F)(F)S(=O)(=O)O)c1ccccc1Cl. The second-order valence-corrected chi connectivity index (χ2v) is 5.75. The Hall–Kier alpha value is -1.46. The highest BCUT2D eigenvalue weighted by Crippen LogP contribution is 2.38. The van der Waals surface area contributed by atoms with Crippen molar-refractivity contribution in [3.8, 4) is 0 Å². The molecule has 0 aliphatic carbocycles. The highest BCUT2D eigenvalue weighted by atomic mass is 35.5. The largest absolute Gasteiger partial charge is 0.441 e. The summed E-state index contributed by atoms with van der Waals surface area (Å²) < 4.78 is 96.7. The van der Waals surface area contributed by atoms with Gasteiger partial charge >= 0.3 is 27.5 Å². The van der Waals surface area contributed by atoms with Gasteiger partial charge in [-0.25, -0.2) is 4.79 Å². The number of carbonyl (C=O) groups excluding carboxylic acids is 1.